The van der Waals surface area contributed by atoms with E-state index in [1.165, 1.54) is 0 Å². The number of nitrogens with zero attached hydrogens (tertiary/aromatic N) is 1. The SMILES string of the molecule is [N-]=C(N)C1=C=C=C=C=[O+]1. The summed E-state index contributed by atoms with van der Waals surface area (Å²) in [5.41, 5.74) is 12.0. The zero-order valence-electron chi connectivity index (χ0n) is 4.43. The van der Waals surface area contributed by atoms with Crippen LogP contribution >= 0.6 is 0 Å². The molecule has 0 aromatic rings. The number of amidine groups is 1. The highest BCUT2D eigenvalue weighted by atomic mass is 16.4. The predicted octanol–water partition coefficient (Wildman–Crippen LogP) is -0.357. The normalized spacial score (nSPS) is 11.8. The highest BCUT2D eigenvalue weighted by Crippen LogP contribution is 1.85. The first-order chi connectivity index (χ1) is 4.30. The van der Waals surface area contributed by atoms with Crippen LogP contribution in [-0.2, 0) is 4.42 Å². The Kier molecular flexibility index (Phi) is 1.21. The molecule has 9 heavy (non-hydrogen) atoms. The Labute approximate surface area is 51.3 Å². The van der Waals surface area contributed by atoms with Crippen molar-refractivity contribution in [3.05, 3.63) is 28.4 Å². The Morgan fingerprint density at radius 1 is 1.56 bits per heavy atom. The van der Waals surface area contributed by atoms with Gasteiger partial charge in [-0.2, -0.15) is 0 Å². The van der Waals surface area contributed by atoms with Crippen molar-refractivity contribution in [3.8, 4) is 0 Å². The summed E-state index contributed by atoms with van der Waals surface area (Å²) in [6.07, 6.45) is 0. The summed E-state index contributed by atoms with van der Waals surface area (Å²) in [6.45, 7) is 0. The van der Waals surface area contributed by atoms with Crippen molar-refractivity contribution in [2.75, 3.05) is 0 Å². The fourth-order valence-corrected chi connectivity index (χ4v) is 0.332. The smallest absolute Gasteiger partial charge is 0.420 e. The Morgan fingerprint density at radius 2 is 2.33 bits per heavy atom. The third kappa shape index (κ3) is 1.08. The van der Waals surface area contributed by atoms with Gasteiger partial charge in [0, 0.05) is 11.6 Å². The van der Waals surface area contributed by atoms with E-state index in [1.807, 2.05) is 0 Å². The van der Waals surface area contributed by atoms with E-state index in [-0.39, 0.29) is 5.76 Å². The van der Waals surface area contributed by atoms with Gasteiger partial charge < -0.3 is 11.1 Å². The summed E-state index contributed by atoms with van der Waals surface area (Å²) in [4.78, 5) is 0. The van der Waals surface area contributed by atoms with Crippen molar-refractivity contribution in [1.29, 1.82) is 0 Å². The second kappa shape index (κ2) is 2.02. The highest BCUT2D eigenvalue weighted by molar-refractivity contribution is 5.97. The van der Waals surface area contributed by atoms with E-state index in [0.717, 1.165) is 0 Å². The molecule has 1 aliphatic heterocycles. The summed E-state index contributed by atoms with van der Waals surface area (Å²) in [7, 11) is 0. The zero-order valence-corrected chi connectivity index (χ0v) is 4.43. The lowest BCUT2D eigenvalue weighted by Crippen LogP contribution is -2.11. The molecule has 0 atom stereocenters. The number of nitrogens with two attached hydrogens (primary N) is 1. The van der Waals surface area contributed by atoms with Crippen LogP contribution in [0.15, 0.2) is 23.0 Å². The molecular weight excluding hydrogens is 116 g/mol. The van der Waals surface area contributed by atoms with Crippen LogP contribution in [0.1, 0.15) is 0 Å². The maximum absolute atomic E-state index is 8.54. The molecule has 0 spiro atoms. The molecule has 1 aliphatic rings. The molecule has 0 saturated heterocycles. The van der Waals surface area contributed by atoms with Crippen LogP contribution in [0.3, 0.4) is 0 Å². The first-order valence-electron chi connectivity index (χ1n) is 2.17. The third-order valence-electron chi connectivity index (χ3n) is 0.675. The van der Waals surface area contributed by atoms with Crippen molar-refractivity contribution < 1.29 is 4.42 Å². The first-order valence-corrected chi connectivity index (χ1v) is 2.17. The van der Waals surface area contributed by atoms with E-state index < -0.39 is 5.84 Å². The maximum Gasteiger partial charge on any atom is 0.420 e. The number of hydrogen-bond acceptors (Lipinski definition) is 0. The Morgan fingerprint density at radius 3 is 2.67 bits per heavy atom. The second-order valence-electron chi connectivity index (χ2n) is 1.29. The van der Waals surface area contributed by atoms with Gasteiger partial charge in [0.2, 0.25) is 0 Å². The summed E-state index contributed by atoms with van der Waals surface area (Å²) in [5, 5.41) is 8.54. The monoisotopic (exact) mass is 118 g/mol. The van der Waals surface area contributed by atoms with E-state index in [9.17, 15) is 0 Å². The van der Waals surface area contributed by atoms with Gasteiger partial charge in [0.1, 0.15) is 0 Å². The summed E-state index contributed by atoms with van der Waals surface area (Å²) >= 11 is 0. The summed E-state index contributed by atoms with van der Waals surface area (Å²) in [5.74, 6) is 1.78. The first kappa shape index (κ1) is 5.40. The fourth-order valence-electron chi connectivity index (χ4n) is 0.332. The minimum atomic E-state index is -0.434. The Hall–Kier alpha value is -1.74. The van der Waals surface area contributed by atoms with E-state index >= 15 is 0 Å². The lowest BCUT2D eigenvalue weighted by Gasteiger charge is -1.85. The molecule has 0 aromatic heterocycles. The van der Waals surface area contributed by atoms with Gasteiger partial charge in [-0.15, -0.1) is 4.42 Å². The van der Waals surface area contributed by atoms with Crippen LogP contribution in [-0.4, -0.2) is 11.8 Å². The summed E-state index contributed by atoms with van der Waals surface area (Å²) < 4.78 is 4.51. The molecule has 42 valence electrons. The fraction of sp³-hybridized carbons (Fsp3) is 0. The van der Waals surface area contributed by atoms with Gasteiger partial charge in [0.05, 0.1) is 11.5 Å². The number of rotatable bonds is 1. The van der Waals surface area contributed by atoms with E-state index in [0.29, 0.717) is 0 Å². The minimum Gasteiger partial charge on any atom is -0.487 e. The highest BCUT2D eigenvalue weighted by Gasteiger charge is 2.03. The molecule has 1 rings (SSSR count). The minimum absolute atomic E-state index is 0.0220. The molecule has 1 heterocycles. The van der Waals surface area contributed by atoms with Crippen LogP contribution in [0.25, 0.3) is 5.41 Å². The van der Waals surface area contributed by atoms with Crippen LogP contribution in [0.4, 0.5) is 0 Å². The molecule has 2 N–H and O–H groups in total. The van der Waals surface area contributed by atoms with Gasteiger partial charge in [0.15, 0.2) is 0 Å². The molecule has 0 radical (unpaired) electrons. The molecule has 3 nitrogen and oxygen atoms in total. The average molecular weight is 118 g/mol. The largest absolute Gasteiger partial charge is 0.487 e. The van der Waals surface area contributed by atoms with Crippen molar-refractivity contribution in [3.63, 3.8) is 0 Å². The molecule has 0 amide bonds. The molecule has 3 heteroatoms. The van der Waals surface area contributed by atoms with E-state index in [4.69, 9.17) is 11.1 Å². The van der Waals surface area contributed by atoms with Crippen LogP contribution < -0.4 is 5.73 Å². The quantitative estimate of drug-likeness (QED) is 0.165. The Bertz CT molecular complexity index is 315. The van der Waals surface area contributed by atoms with E-state index in [1.54, 1.807) is 0 Å². The third-order valence-corrected chi connectivity index (χ3v) is 0.675. The topological polar surface area (TPSA) is 59.6 Å². The summed E-state index contributed by atoms with van der Waals surface area (Å²) in [6, 6.07) is 0. The lowest BCUT2D eigenvalue weighted by molar-refractivity contribution is 0.230. The average Bonchev–Trinajstić information content (AvgIpc) is 1.90. The molecule has 0 aliphatic carbocycles. The van der Waals surface area contributed by atoms with Gasteiger partial charge >= 0.3 is 11.7 Å². The van der Waals surface area contributed by atoms with Crippen molar-refractivity contribution in [1.82, 2.24) is 0 Å². The van der Waals surface area contributed by atoms with E-state index in [2.05, 4.69) is 27.6 Å². The van der Waals surface area contributed by atoms with Gasteiger partial charge in [-0.3, -0.25) is 0 Å². The van der Waals surface area contributed by atoms with Gasteiger partial charge in [-0.25, -0.2) is 0 Å². The van der Waals surface area contributed by atoms with Gasteiger partial charge in [-0.05, 0) is 0 Å². The molecule has 0 fully saturated rings. The second-order valence-corrected chi connectivity index (χ2v) is 1.29. The van der Waals surface area contributed by atoms with Crippen LogP contribution in [0, 0.1) is 0 Å². The zero-order chi connectivity index (χ0) is 6.69. The van der Waals surface area contributed by atoms with Crippen LogP contribution in [0.2, 0.25) is 0 Å². The standard InChI is InChI=1S/C6H2N2O/c7-6(8)5-3-1-2-4-9-5/h(H2-,7,8). The molecule has 0 bridgehead atoms. The molecule has 0 aromatic carbocycles. The lowest BCUT2D eigenvalue weighted by atomic mass is 10.5. The van der Waals surface area contributed by atoms with Crippen molar-refractivity contribution >= 4 is 11.8 Å². The Balaban J connectivity index is 3.21. The molecular formula is C6H2N2O. The van der Waals surface area contributed by atoms with Gasteiger partial charge in [0.25, 0.3) is 0 Å². The number of hydrogen-bond donors (Lipinski definition) is 1. The molecule has 0 saturated carbocycles. The van der Waals surface area contributed by atoms with Crippen LogP contribution in [0.5, 0.6) is 0 Å². The number of carbonyl (C=O) groups excluding carboxylic acids is 1. The maximum atomic E-state index is 8.54. The predicted molar refractivity (Wildman–Crippen MR) is 32.3 cm³/mol. The van der Waals surface area contributed by atoms with Crippen molar-refractivity contribution in [2.24, 2.45) is 5.73 Å². The van der Waals surface area contributed by atoms with Gasteiger partial charge in [-0.1, -0.05) is 0 Å². The van der Waals surface area contributed by atoms with Crippen molar-refractivity contribution in [2.45, 2.75) is 0 Å². The molecule has 0 unspecified atom stereocenters.